The minimum atomic E-state index is -0.757. The van der Waals surface area contributed by atoms with Crippen molar-refractivity contribution in [2.24, 2.45) is 0 Å². The molecule has 0 unspecified atom stereocenters. The predicted molar refractivity (Wildman–Crippen MR) is 59.0 cm³/mol. The van der Waals surface area contributed by atoms with E-state index in [2.05, 4.69) is 5.32 Å². The molecule has 0 amide bonds. The fourth-order valence-corrected chi connectivity index (χ4v) is 1.56. The lowest BCUT2D eigenvalue weighted by Gasteiger charge is -2.11. The minimum Gasteiger partial charge on any atom is -0.362 e. The first-order valence-electron chi connectivity index (χ1n) is 5.11. The van der Waals surface area contributed by atoms with Crippen LogP contribution in [0.5, 0.6) is 0 Å². The van der Waals surface area contributed by atoms with Crippen molar-refractivity contribution >= 4 is 11.4 Å². The van der Waals surface area contributed by atoms with Gasteiger partial charge in [0.15, 0.2) is 0 Å². The number of rotatable bonds is 3. The number of nitro benzene ring substituents is 1. The van der Waals surface area contributed by atoms with Crippen molar-refractivity contribution in [2.75, 3.05) is 5.32 Å². The maximum atomic E-state index is 13.4. The van der Waals surface area contributed by atoms with Gasteiger partial charge in [-0.15, -0.1) is 0 Å². The van der Waals surface area contributed by atoms with E-state index in [4.69, 9.17) is 5.26 Å². The summed E-state index contributed by atoms with van der Waals surface area (Å²) in [6, 6.07) is 4.29. The molecular weight excluding hydrogens is 225 g/mol. The zero-order valence-corrected chi connectivity index (χ0v) is 9.16. The van der Waals surface area contributed by atoms with Crippen LogP contribution in [0.25, 0.3) is 0 Å². The number of hydrogen-bond acceptors (Lipinski definition) is 4. The predicted octanol–water partition coefficient (Wildman–Crippen LogP) is 2.51. The summed E-state index contributed by atoms with van der Waals surface area (Å²) in [6.45, 7) is 1.46. The van der Waals surface area contributed by atoms with Crippen LogP contribution < -0.4 is 5.32 Å². The van der Waals surface area contributed by atoms with Gasteiger partial charge in [0.25, 0.3) is 5.69 Å². The highest BCUT2D eigenvalue weighted by molar-refractivity contribution is 5.65. The molecule has 0 atom stereocenters. The number of nitrogens with one attached hydrogen (secondary N) is 1. The van der Waals surface area contributed by atoms with Gasteiger partial charge in [0, 0.05) is 12.1 Å². The quantitative estimate of drug-likeness (QED) is 0.644. The van der Waals surface area contributed by atoms with Gasteiger partial charge in [-0.3, -0.25) is 10.1 Å². The number of aryl methyl sites for hydroxylation is 1. The van der Waals surface area contributed by atoms with Crippen molar-refractivity contribution in [1.29, 1.82) is 5.26 Å². The van der Waals surface area contributed by atoms with Gasteiger partial charge in [-0.1, -0.05) is 0 Å². The number of anilines is 1. The third-order valence-corrected chi connectivity index (χ3v) is 2.81. The third kappa shape index (κ3) is 2.04. The Morgan fingerprint density at radius 1 is 1.59 bits per heavy atom. The normalized spacial score (nSPS) is 16.1. The van der Waals surface area contributed by atoms with Gasteiger partial charge in [-0.2, -0.15) is 5.26 Å². The van der Waals surface area contributed by atoms with E-state index in [0.29, 0.717) is 12.8 Å². The zero-order chi connectivity index (χ0) is 12.6. The van der Waals surface area contributed by atoms with Gasteiger partial charge < -0.3 is 5.32 Å². The van der Waals surface area contributed by atoms with E-state index in [0.717, 1.165) is 6.07 Å². The van der Waals surface area contributed by atoms with Gasteiger partial charge in [0.2, 0.25) is 0 Å². The molecule has 5 nitrogen and oxygen atoms in total. The van der Waals surface area contributed by atoms with Crippen LogP contribution in [0, 0.1) is 34.2 Å². The molecule has 2 rings (SSSR count). The van der Waals surface area contributed by atoms with Crippen LogP contribution in [0.1, 0.15) is 18.4 Å². The Labute approximate surface area is 97.0 Å². The standard InChI is InChI=1S/C11H10FN3O2/c1-7-4-10(15(16)17)9(5-8(7)12)14-11(6-13)2-3-11/h4-5,14H,2-3H2,1H3. The second-order valence-corrected chi connectivity index (χ2v) is 4.19. The van der Waals surface area contributed by atoms with Gasteiger partial charge in [0.1, 0.15) is 17.0 Å². The lowest BCUT2D eigenvalue weighted by molar-refractivity contribution is -0.384. The Balaban J connectivity index is 2.42. The summed E-state index contributed by atoms with van der Waals surface area (Å²) in [7, 11) is 0. The SMILES string of the molecule is Cc1cc([N+](=O)[O-])c(NC2(C#N)CC2)cc1F. The van der Waals surface area contributed by atoms with Crippen LogP contribution in [0.15, 0.2) is 12.1 Å². The zero-order valence-electron chi connectivity index (χ0n) is 9.16. The number of benzene rings is 1. The summed E-state index contributed by atoms with van der Waals surface area (Å²) in [4.78, 5) is 10.3. The summed E-state index contributed by atoms with van der Waals surface area (Å²) < 4.78 is 13.4. The van der Waals surface area contributed by atoms with E-state index in [9.17, 15) is 14.5 Å². The molecule has 1 aliphatic rings. The largest absolute Gasteiger partial charge is 0.362 e. The Morgan fingerprint density at radius 3 is 2.71 bits per heavy atom. The highest BCUT2D eigenvalue weighted by Gasteiger charge is 2.44. The molecular formula is C11H10FN3O2. The molecule has 0 saturated heterocycles. The molecule has 0 radical (unpaired) electrons. The summed E-state index contributed by atoms with van der Waals surface area (Å²) in [5.74, 6) is -0.521. The van der Waals surface area contributed by atoms with E-state index in [1.165, 1.54) is 13.0 Å². The van der Waals surface area contributed by atoms with Gasteiger partial charge in [-0.05, 0) is 25.3 Å². The Morgan fingerprint density at radius 2 is 2.24 bits per heavy atom. The van der Waals surface area contributed by atoms with Crippen LogP contribution in [-0.2, 0) is 0 Å². The highest BCUT2D eigenvalue weighted by Crippen LogP contribution is 2.40. The van der Waals surface area contributed by atoms with Crippen LogP contribution >= 0.6 is 0 Å². The lowest BCUT2D eigenvalue weighted by Crippen LogP contribution is -2.19. The highest BCUT2D eigenvalue weighted by atomic mass is 19.1. The second-order valence-electron chi connectivity index (χ2n) is 4.19. The molecule has 6 heteroatoms. The maximum absolute atomic E-state index is 13.4. The lowest BCUT2D eigenvalue weighted by atomic mass is 10.1. The molecule has 88 valence electrons. The first kappa shape index (κ1) is 11.3. The molecule has 17 heavy (non-hydrogen) atoms. The van der Waals surface area contributed by atoms with Crippen LogP contribution in [0.3, 0.4) is 0 Å². The molecule has 1 aliphatic carbocycles. The van der Waals surface area contributed by atoms with Crippen LogP contribution in [0.2, 0.25) is 0 Å². The third-order valence-electron chi connectivity index (χ3n) is 2.81. The number of nitrogens with zero attached hydrogens (tertiary/aromatic N) is 2. The fraction of sp³-hybridized carbons (Fsp3) is 0.364. The fourth-order valence-electron chi connectivity index (χ4n) is 1.56. The average Bonchev–Trinajstić information content (AvgIpc) is 3.03. The van der Waals surface area contributed by atoms with Gasteiger partial charge in [0.05, 0.1) is 11.0 Å². The van der Waals surface area contributed by atoms with Gasteiger partial charge in [-0.25, -0.2) is 4.39 Å². The van der Waals surface area contributed by atoms with Crippen LogP contribution in [-0.4, -0.2) is 10.5 Å². The van der Waals surface area contributed by atoms with Gasteiger partial charge >= 0.3 is 0 Å². The molecule has 0 heterocycles. The topological polar surface area (TPSA) is 79.0 Å². The number of nitriles is 1. The summed E-state index contributed by atoms with van der Waals surface area (Å²) in [5, 5.41) is 22.5. The first-order chi connectivity index (χ1) is 7.97. The molecule has 1 aromatic rings. The van der Waals surface area contributed by atoms with Crippen molar-refractivity contribution in [2.45, 2.75) is 25.3 Å². The van der Waals surface area contributed by atoms with Crippen molar-refractivity contribution in [3.05, 3.63) is 33.6 Å². The number of hydrogen-bond donors (Lipinski definition) is 1. The average molecular weight is 235 g/mol. The van der Waals surface area contributed by atoms with Crippen LogP contribution in [0.4, 0.5) is 15.8 Å². The van der Waals surface area contributed by atoms with Crippen molar-refractivity contribution in [3.63, 3.8) is 0 Å². The first-order valence-corrected chi connectivity index (χ1v) is 5.11. The van der Waals surface area contributed by atoms with E-state index < -0.39 is 16.3 Å². The van der Waals surface area contributed by atoms with Crippen molar-refractivity contribution < 1.29 is 9.31 Å². The summed E-state index contributed by atoms with van der Waals surface area (Å²) in [6.07, 6.45) is 1.24. The van der Waals surface area contributed by atoms with E-state index in [1.54, 1.807) is 0 Å². The van der Waals surface area contributed by atoms with E-state index in [1.807, 2.05) is 6.07 Å². The summed E-state index contributed by atoms with van der Waals surface area (Å²) >= 11 is 0. The molecule has 0 spiro atoms. The maximum Gasteiger partial charge on any atom is 0.292 e. The molecule has 1 saturated carbocycles. The van der Waals surface area contributed by atoms with E-state index >= 15 is 0 Å². The number of halogens is 1. The Kier molecular flexibility index (Phi) is 2.46. The smallest absolute Gasteiger partial charge is 0.292 e. The van der Waals surface area contributed by atoms with Crippen molar-refractivity contribution in [1.82, 2.24) is 0 Å². The second kappa shape index (κ2) is 3.70. The molecule has 1 N–H and O–H groups in total. The molecule has 0 bridgehead atoms. The minimum absolute atomic E-state index is 0.0668. The molecule has 1 aromatic carbocycles. The Bertz CT molecular complexity index is 532. The molecule has 0 aliphatic heterocycles. The number of nitro groups is 1. The van der Waals surface area contributed by atoms with Crippen molar-refractivity contribution in [3.8, 4) is 6.07 Å². The molecule has 1 fully saturated rings. The molecule has 0 aromatic heterocycles. The monoisotopic (exact) mass is 235 g/mol. The Hall–Kier alpha value is -2.16. The van der Waals surface area contributed by atoms with E-state index in [-0.39, 0.29) is 16.9 Å². The summed E-state index contributed by atoms with van der Waals surface area (Å²) in [5.41, 5.74) is -0.682.